The van der Waals surface area contributed by atoms with Crippen LogP contribution in [0.3, 0.4) is 0 Å². The Morgan fingerprint density at radius 3 is 2.36 bits per heavy atom. The molecule has 0 spiro atoms. The molecule has 0 bridgehead atoms. The molecule has 4 aromatic heterocycles. The van der Waals surface area contributed by atoms with Gasteiger partial charge in [-0.3, -0.25) is 0 Å². The first-order chi connectivity index (χ1) is 25.4. The molecule has 10 rings (SSSR count). The summed E-state index contributed by atoms with van der Waals surface area (Å²) in [6.45, 7) is 8.74. The minimum Gasteiger partial charge on any atom is -0.509 e. The zero-order valence-corrected chi connectivity index (χ0v) is 32.2. The van der Waals surface area contributed by atoms with Crippen molar-refractivity contribution in [1.82, 2.24) is 14.5 Å². The quantitative estimate of drug-likeness (QED) is 0.161. The van der Waals surface area contributed by atoms with Crippen molar-refractivity contribution in [2.45, 2.75) is 26.2 Å². The Kier molecular flexibility index (Phi) is 8.10. The van der Waals surface area contributed by atoms with E-state index in [1.165, 1.54) is 25.7 Å². The van der Waals surface area contributed by atoms with Crippen LogP contribution < -0.4 is 14.5 Å². The van der Waals surface area contributed by atoms with Crippen molar-refractivity contribution in [3.63, 3.8) is 0 Å². The van der Waals surface area contributed by atoms with E-state index in [9.17, 15) is 0 Å². The van der Waals surface area contributed by atoms with Crippen molar-refractivity contribution in [2.75, 3.05) is 9.80 Å². The standard InChI is InChI=1S/C45H32N5OS.Pt/c1-45(2,3)29-21-23-46-43(24-29)50-38-14-6-4-12-34(38)35-19-18-33(27-40(35)50)51-32-11-8-10-30(25-32)48-28-49(44-39(48)15-9-22-47-44)31-17-20-42-37(26-31)36-13-5-7-16-41(36)52-42;/h4-24,26,28H,1-3H3;/q-3;. The molecule has 0 saturated carbocycles. The Bertz CT molecular complexity index is 2840. The average Bonchev–Trinajstić information content (AvgIpc) is 3.84. The van der Waals surface area contributed by atoms with Crippen LogP contribution in [0.5, 0.6) is 11.5 Å². The molecule has 0 N–H and O–H groups in total. The molecule has 0 atom stereocenters. The molecule has 1 aliphatic rings. The zero-order chi connectivity index (χ0) is 35.0. The van der Waals surface area contributed by atoms with Crippen LogP contribution in [0.1, 0.15) is 26.3 Å². The molecule has 5 heterocycles. The molecule has 0 saturated heterocycles. The molecule has 6 nitrogen and oxygen atoms in total. The van der Waals surface area contributed by atoms with Crippen LogP contribution in [0.25, 0.3) is 47.8 Å². The molecule has 0 fully saturated rings. The van der Waals surface area contributed by atoms with Gasteiger partial charge < -0.3 is 19.1 Å². The van der Waals surface area contributed by atoms with Gasteiger partial charge in [-0.25, -0.2) is 9.97 Å². The minimum absolute atomic E-state index is 0. The first-order valence-electron chi connectivity index (χ1n) is 17.3. The van der Waals surface area contributed by atoms with Gasteiger partial charge in [-0.05, 0) is 71.0 Å². The van der Waals surface area contributed by atoms with Crippen molar-refractivity contribution in [1.29, 1.82) is 0 Å². The van der Waals surface area contributed by atoms with Gasteiger partial charge in [0.25, 0.3) is 0 Å². The fraction of sp³-hybridized carbons (Fsp3) is 0.0889. The summed E-state index contributed by atoms with van der Waals surface area (Å²) >= 11 is 1.82. The molecule has 53 heavy (non-hydrogen) atoms. The maximum atomic E-state index is 6.52. The van der Waals surface area contributed by atoms with Crippen molar-refractivity contribution in [3.05, 3.63) is 158 Å². The van der Waals surface area contributed by atoms with Crippen LogP contribution in [0.2, 0.25) is 0 Å². The van der Waals surface area contributed by atoms with Crippen molar-refractivity contribution in [3.8, 4) is 17.3 Å². The van der Waals surface area contributed by atoms with E-state index < -0.39 is 0 Å². The summed E-state index contributed by atoms with van der Waals surface area (Å²) in [5.74, 6) is 2.90. The van der Waals surface area contributed by atoms with E-state index >= 15 is 0 Å². The predicted octanol–water partition coefficient (Wildman–Crippen LogP) is 12.0. The van der Waals surface area contributed by atoms with E-state index in [1.807, 2.05) is 54.1 Å². The molecule has 0 amide bonds. The summed E-state index contributed by atoms with van der Waals surface area (Å²) in [7, 11) is 0. The van der Waals surface area contributed by atoms with Crippen molar-refractivity contribution in [2.24, 2.45) is 0 Å². The van der Waals surface area contributed by atoms with Crippen LogP contribution in [0.4, 0.5) is 22.9 Å². The number of benzene rings is 5. The topological polar surface area (TPSA) is 46.4 Å². The molecule has 0 radical (unpaired) electrons. The van der Waals surface area contributed by atoms with Crippen LogP contribution in [0.15, 0.2) is 134 Å². The number of rotatable bonds is 5. The zero-order valence-electron chi connectivity index (χ0n) is 29.1. The van der Waals surface area contributed by atoms with Crippen molar-refractivity contribution < 1.29 is 25.8 Å². The Balaban J connectivity index is 0.00000372. The third-order valence-corrected chi connectivity index (χ3v) is 10.9. The average molecular weight is 886 g/mol. The number of fused-ring (bicyclic) bond motifs is 7. The SMILES string of the molecule is CC(C)(C)c1ccnc(-n2c3[c-]c(Oc4[c-]c(N5[CH-]N(c6ccc7sc8ccccc8c7c6)c6ncccc65)ccc4)ccc3c3ccccc32)c1.[Pt]. The number of thiophene rings is 1. The van der Waals surface area contributed by atoms with E-state index in [-0.39, 0.29) is 26.5 Å². The Morgan fingerprint density at radius 2 is 1.47 bits per heavy atom. The second-order valence-corrected chi connectivity index (χ2v) is 15.2. The van der Waals surface area contributed by atoms with Gasteiger partial charge >= 0.3 is 0 Å². The first kappa shape index (κ1) is 33.4. The number of anilines is 4. The van der Waals surface area contributed by atoms with Crippen LogP contribution in [0, 0.1) is 18.8 Å². The summed E-state index contributed by atoms with van der Waals surface area (Å²) in [5.41, 5.74) is 6.05. The summed E-state index contributed by atoms with van der Waals surface area (Å²) < 4.78 is 11.3. The van der Waals surface area contributed by atoms with Crippen LogP contribution in [-0.4, -0.2) is 14.5 Å². The number of hydrogen-bond donors (Lipinski definition) is 0. The van der Waals surface area contributed by atoms with Crippen LogP contribution in [-0.2, 0) is 26.5 Å². The predicted molar refractivity (Wildman–Crippen MR) is 214 cm³/mol. The number of aromatic nitrogens is 3. The monoisotopic (exact) mass is 885 g/mol. The van der Waals surface area contributed by atoms with Gasteiger partial charge in [-0.1, -0.05) is 62.7 Å². The summed E-state index contributed by atoms with van der Waals surface area (Å²) in [4.78, 5) is 13.9. The van der Waals surface area contributed by atoms with E-state index in [0.717, 1.165) is 50.5 Å². The Labute approximate surface area is 326 Å². The molecule has 0 aliphatic carbocycles. The number of pyridine rings is 2. The van der Waals surface area contributed by atoms with Gasteiger partial charge in [0.05, 0.1) is 5.69 Å². The number of nitrogens with zero attached hydrogens (tertiary/aromatic N) is 5. The van der Waals surface area contributed by atoms with Gasteiger partial charge in [-0.15, -0.1) is 59.4 Å². The van der Waals surface area contributed by atoms with E-state index in [0.29, 0.717) is 11.5 Å². The van der Waals surface area contributed by atoms with Gasteiger partial charge in [0.2, 0.25) is 0 Å². The van der Waals surface area contributed by atoms with Crippen LogP contribution >= 0.6 is 11.3 Å². The van der Waals surface area contributed by atoms with Gasteiger partial charge in [0.1, 0.15) is 11.6 Å². The fourth-order valence-corrected chi connectivity index (χ4v) is 8.26. The number of ether oxygens (including phenoxy) is 1. The molecule has 262 valence electrons. The molecule has 8 heteroatoms. The first-order valence-corrected chi connectivity index (χ1v) is 18.1. The second-order valence-electron chi connectivity index (χ2n) is 14.1. The summed E-state index contributed by atoms with van der Waals surface area (Å²) in [6.07, 6.45) is 3.73. The largest absolute Gasteiger partial charge is 0.509 e. The number of hydrogen-bond acceptors (Lipinski definition) is 6. The third-order valence-electron chi connectivity index (χ3n) is 9.75. The maximum absolute atomic E-state index is 6.52. The summed E-state index contributed by atoms with van der Waals surface area (Å²) in [6, 6.07) is 49.1. The smallest absolute Gasteiger partial charge is 0.135 e. The van der Waals surface area contributed by atoms with Gasteiger partial charge in [0, 0.05) is 76.3 Å². The fourth-order valence-electron chi connectivity index (χ4n) is 7.17. The van der Waals surface area contributed by atoms with Gasteiger partial charge in [0.15, 0.2) is 0 Å². The molecule has 9 aromatic rings. The van der Waals surface area contributed by atoms with E-state index in [4.69, 9.17) is 14.7 Å². The molecule has 0 unspecified atom stereocenters. The molecular formula is C45H32N5OPtS-3. The van der Waals surface area contributed by atoms with Gasteiger partial charge in [-0.2, -0.15) is 12.1 Å². The van der Waals surface area contributed by atoms with Crippen molar-refractivity contribution >= 4 is 76.2 Å². The Morgan fingerprint density at radius 1 is 0.660 bits per heavy atom. The Hall–Kier alpha value is -5.49. The number of para-hydroxylation sites is 1. The van der Waals surface area contributed by atoms with E-state index in [1.54, 1.807) is 0 Å². The van der Waals surface area contributed by atoms with E-state index in [2.05, 4.69) is 145 Å². The molecular weight excluding hydrogens is 854 g/mol. The maximum Gasteiger partial charge on any atom is 0.135 e. The normalized spacial score (nSPS) is 12.9. The third kappa shape index (κ3) is 5.67. The molecule has 1 aliphatic heterocycles. The second kappa shape index (κ2) is 12.9. The minimum atomic E-state index is -0.0117. The molecule has 5 aromatic carbocycles. The summed E-state index contributed by atoms with van der Waals surface area (Å²) in [5, 5.41) is 4.75.